The monoisotopic (exact) mass is 781 g/mol. The highest BCUT2D eigenvalue weighted by Gasteiger charge is 2.43. The molecule has 1 fully saturated rings. The van der Waals surface area contributed by atoms with E-state index in [-0.39, 0.29) is 12.0 Å². The Morgan fingerprint density at radius 1 is 1.08 bits per heavy atom. The number of carboxylic acid groups (broad SMARTS) is 1. The average Bonchev–Trinajstić information content (AvgIpc) is 3.50. The summed E-state index contributed by atoms with van der Waals surface area (Å²) in [5.74, 6) is -10.9. The highest BCUT2D eigenvalue weighted by atomic mass is 35.5. The van der Waals surface area contributed by atoms with E-state index in [4.69, 9.17) is 16.3 Å². The second kappa shape index (κ2) is 15.4. The molecule has 8 N–H and O–H groups in total. The highest BCUT2D eigenvalue weighted by molar-refractivity contribution is 7.89. The number of aromatic hydroxyl groups is 2. The van der Waals surface area contributed by atoms with Gasteiger partial charge in [0.2, 0.25) is 15.9 Å². The van der Waals surface area contributed by atoms with Crippen molar-refractivity contribution in [1.29, 1.82) is 0 Å². The van der Waals surface area contributed by atoms with Crippen LogP contribution in [0.2, 0.25) is 5.02 Å². The minimum atomic E-state index is -4.43. The number of rotatable bonds is 10. The van der Waals surface area contributed by atoms with Gasteiger partial charge >= 0.3 is 31.2 Å². The number of nitrogens with one attached hydrogen (secondary N) is 4. The van der Waals surface area contributed by atoms with Crippen molar-refractivity contribution in [3.05, 3.63) is 76.1 Å². The number of nitrogens with zero attached hydrogens (tertiary/aromatic N) is 3. The number of phenolic OH excluding ortho intramolecular Hbond substituents is 2. The third-order valence-electron chi connectivity index (χ3n) is 7.92. The number of fused-ring (bicyclic) bond motifs is 1. The molecule has 2 aromatic carbocycles. The van der Waals surface area contributed by atoms with Gasteiger partial charge in [-0.15, -0.1) is 0 Å². The molecule has 0 aliphatic carbocycles. The second-order valence-electron chi connectivity index (χ2n) is 11.3. The van der Waals surface area contributed by atoms with Crippen LogP contribution in [0.25, 0.3) is 0 Å². The van der Waals surface area contributed by atoms with Crippen molar-refractivity contribution in [3.63, 3.8) is 0 Å². The van der Waals surface area contributed by atoms with Crippen LogP contribution in [0.4, 0.5) is 28.9 Å². The number of pyridine rings is 1. The van der Waals surface area contributed by atoms with Crippen LogP contribution in [-0.2, 0) is 21.2 Å². The lowest BCUT2D eigenvalue weighted by atomic mass is 9.72. The Morgan fingerprint density at radius 3 is 2.45 bits per heavy atom. The Balaban J connectivity index is 1.31. The predicted molar refractivity (Wildman–Crippen MR) is 177 cm³/mol. The first-order chi connectivity index (χ1) is 25.0. The maximum absolute atomic E-state index is 14.6. The number of aromatic carboxylic acids is 1. The molecule has 3 aromatic rings. The van der Waals surface area contributed by atoms with Gasteiger partial charge in [-0.2, -0.15) is 0 Å². The van der Waals surface area contributed by atoms with Gasteiger partial charge in [-0.05, 0) is 36.2 Å². The molecule has 53 heavy (non-hydrogen) atoms. The molecule has 24 heteroatoms. The summed E-state index contributed by atoms with van der Waals surface area (Å²) in [6.07, 6.45) is 2.47. The highest BCUT2D eigenvalue weighted by Crippen LogP contribution is 2.41. The number of hydrogen-bond donors (Lipinski definition) is 8. The van der Waals surface area contributed by atoms with Gasteiger partial charge in [0.15, 0.2) is 17.3 Å². The topological polar surface area (TPSA) is 277 Å². The number of hydrogen-bond acceptors (Lipinski definition) is 12. The Bertz CT molecular complexity index is 2100. The molecule has 7 amide bonds. The zero-order chi connectivity index (χ0) is 38.8. The van der Waals surface area contributed by atoms with Gasteiger partial charge in [0.1, 0.15) is 23.2 Å². The number of amides is 7. The molecular formula is C29H27BClF2N7O12S. The number of imide groups is 1. The molecule has 19 nitrogen and oxygen atoms in total. The van der Waals surface area contributed by atoms with Crippen molar-refractivity contribution in [2.45, 2.75) is 18.4 Å². The number of anilines is 1. The van der Waals surface area contributed by atoms with E-state index in [9.17, 15) is 61.5 Å². The van der Waals surface area contributed by atoms with Gasteiger partial charge in [-0.1, -0.05) is 17.7 Å². The third-order valence-corrected chi connectivity index (χ3v) is 10.1. The number of urea groups is 3. The summed E-state index contributed by atoms with van der Waals surface area (Å²) in [5.41, 5.74) is -1.14. The van der Waals surface area contributed by atoms with E-state index in [0.717, 1.165) is 12.1 Å². The lowest BCUT2D eigenvalue weighted by Crippen LogP contribution is -2.56. The van der Waals surface area contributed by atoms with Crippen molar-refractivity contribution in [2.75, 3.05) is 30.7 Å². The van der Waals surface area contributed by atoms with E-state index in [1.807, 2.05) is 0 Å². The summed E-state index contributed by atoms with van der Waals surface area (Å²) in [7, 11) is -6.43. The van der Waals surface area contributed by atoms with Crippen LogP contribution in [-0.4, -0.2) is 111 Å². The molecule has 1 aromatic heterocycles. The SMILES string of the molecule is O=C(NCCS(=O)(=O)N1CCN(C(=O)NC(C(=O)N[C@H]2Cc3ccc(F)c(C(=O)O)c3OB2O)c2cc(F)c(O)c(O)c2Cl)C1=O)Nc1ccncc1. The summed E-state index contributed by atoms with van der Waals surface area (Å²) in [6.45, 7) is -1.51. The fourth-order valence-corrected chi connectivity index (χ4v) is 6.85. The van der Waals surface area contributed by atoms with E-state index in [1.165, 1.54) is 24.5 Å². The van der Waals surface area contributed by atoms with Crippen LogP contribution in [0.3, 0.4) is 0 Å². The van der Waals surface area contributed by atoms with E-state index in [2.05, 4.69) is 26.3 Å². The normalized spacial score (nSPS) is 16.0. The van der Waals surface area contributed by atoms with Crippen molar-refractivity contribution in [1.82, 2.24) is 30.1 Å². The number of carbonyl (C=O) groups is 5. The number of carboxylic acids is 1. The van der Waals surface area contributed by atoms with E-state index < -0.39 is 130 Å². The number of carbonyl (C=O) groups excluding carboxylic acids is 4. The first-order valence-electron chi connectivity index (χ1n) is 15.2. The van der Waals surface area contributed by atoms with Crippen molar-refractivity contribution in [3.8, 4) is 17.2 Å². The van der Waals surface area contributed by atoms with Crippen LogP contribution in [0.5, 0.6) is 17.2 Å². The summed E-state index contributed by atoms with van der Waals surface area (Å²) in [4.78, 5) is 68.1. The maximum atomic E-state index is 14.6. The van der Waals surface area contributed by atoms with Crippen molar-refractivity contribution in [2.24, 2.45) is 0 Å². The fraction of sp³-hybridized carbons (Fsp3) is 0.241. The van der Waals surface area contributed by atoms with Crippen LogP contribution < -0.4 is 25.9 Å². The number of phenols is 2. The molecule has 0 saturated carbocycles. The first-order valence-corrected chi connectivity index (χ1v) is 17.2. The van der Waals surface area contributed by atoms with E-state index >= 15 is 0 Å². The molecule has 1 unspecified atom stereocenters. The number of halogens is 3. The molecule has 0 spiro atoms. The Kier molecular flexibility index (Phi) is 11.1. The largest absolute Gasteiger partial charge is 0.547 e. The molecule has 0 bridgehead atoms. The molecule has 2 atom stereocenters. The molecule has 280 valence electrons. The van der Waals surface area contributed by atoms with Crippen LogP contribution in [0.15, 0.2) is 42.7 Å². The summed E-state index contributed by atoms with van der Waals surface area (Å²) in [5, 5.41) is 48.3. The summed E-state index contributed by atoms with van der Waals surface area (Å²) < 4.78 is 60.3. The van der Waals surface area contributed by atoms with Gasteiger partial charge in [0.25, 0.3) is 0 Å². The zero-order valence-electron chi connectivity index (χ0n) is 26.7. The minimum absolute atomic E-state index is 0.0416. The lowest BCUT2D eigenvalue weighted by Gasteiger charge is -2.31. The molecule has 2 aliphatic rings. The molecule has 2 aliphatic heterocycles. The summed E-state index contributed by atoms with van der Waals surface area (Å²) in [6, 6.07) is -0.232. The molecule has 1 saturated heterocycles. The Labute approximate surface area is 302 Å². The third kappa shape index (κ3) is 8.10. The zero-order valence-corrected chi connectivity index (χ0v) is 28.3. The lowest BCUT2D eigenvalue weighted by molar-refractivity contribution is -0.123. The minimum Gasteiger partial charge on any atom is -0.534 e. The number of sulfonamides is 1. The Morgan fingerprint density at radius 2 is 1.77 bits per heavy atom. The van der Waals surface area contributed by atoms with Gasteiger partial charge in [-0.25, -0.2) is 45.6 Å². The predicted octanol–water partition coefficient (Wildman–Crippen LogP) is 0.902. The smallest absolute Gasteiger partial charge is 0.534 e. The number of aromatic nitrogens is 1. The van der Waals surface area contributed by atoms with Crippen LogP contribution in [0.1, 0.15) is 27.5 Å². The van der Waals surface area contributed by atoms with Crippen LogP contribution in [0, 0.1) is 11.6 Å². The van der Waals surface area contributed by atoms with Crippen molar-refractivity contribution < 1.29 is 66.2 Å². The number of benzene rings is 2. The van der Waals surface area contributed by atoms with Gasteiger partial charge in [-0.3, -0.25) is 9.78 Å². The summed E-state index contributed by atoms with van der Waals surface area (Å²) >= 11 is 6.10. The fourth-order valence-electron chi connectivity index (χ4n) is 5.32. The quantitative estimate of drug-likeness (QED) is 0.105. The molecule has 5 rings (SSSR count). The van der Waals surface area contributed by atoms with Gasteiger partial charge in [0.05, 0.1) is 29.8 Å². The molecular weight excluding hydrogens is 755 g/mol. The second-order valence-corrected chi connectivity index (χ2v) is 13.7. The van der Waals surface area contributed by atoms with Crippen molar-refractivity contribution >= 4 is 64.4 Å². The Hall–Kier alpha value is -5.94. The maximum Gasteiger partial charge on any atom is 0.547 e. The van der Waals surface area contributed by atoms with Crippen LogP contribution >= 0.6 is 11.6 Å². The van der Waals surface area contributed by atoms with Gasteiger partial charge in [0, 0.05) is 30.2 Å². The van der Waals surface area contributed by atoms with E-state index in [1.54, 1.807) is 0 Å². The van der Waals surface area contributed by atoms with Gasteiger partial charge < -0.3 is 46.3 Å². The molecule has 3 heterocycles. The molecule has 0 radical (unpaired) electrons. The first kappa shape index (κ1) is 38.3. The average molecular weight is 782 g/mol. The standard InChI is InChI=1S/C29H27BClF2N7O12S/c31-20-15(12-17(33)22(41)23(20)42)21(25(43)37-18-11-13-1-2-16(32)19(26(44)45)24(13)52-30(18)49)38-28(47)39-8-9-40(29(39)48)53(50,51)10-7-35-27(46)36-14-3-5-34-6-4-14/h1-6,12,18,21,41-42,49H,7-11H2,(H,37,43)(H,38,47)(H,44,45)(H2,34,35,36,46)/t18-,21?/m0/s1. The van der Waals surface area contributed by atoms with E-state index in [0.29, 0.717) is 21.0 Å².